The molecule has 8 nitrogen and oxygen atoms in total. The minimum Gasteiger partial charge on any atom is -0.505 e. The number of carbonyl (C=O) groups is 2. The van der Waals surface area contributed by atoms with Gasteiger partial charge >= 0.3 is 12.0 Å². The van der Waals surface area contributed by atoms with Crippen molar-refractivity contribution in [2.75, 3.05) is 11.9 Å². The zero-order valence-electron chi connectivity index (χ0n) is 18.3. The van der Waals surface area contributed by atoms with Gasteiger partial charge in [0.1, 0.15) is 11.6 Å². The Morgan fingerprint density at radius 1 is 1.12 bits per heavy atom. The maximum atomic E-state index is 14.5. The van der Waals surface area contributed by atoms with Crippen molar-refractivity contribution in [3.63, 3.8) is 0 Å². The molecule has 0 spiro atoms. The number of halogens is 1. The van der Waals surface area contributed by atoms with E-state index in [-0.39, 0.29) is 18.0 Å². The monoisotopic (exact) mass is 453 g/mol. The van der Waals surface area contributed by atoms with Crippen molar-refractivity contribution in [3.05, 3.63) is 81.5 Å². The molecule has 0 aliphatic heterocycles. The highest BCUT2D eigenvalue weighted by atomic mass is 19.1. The lowest BCUT2D eigenvalue weighted by atomic mass is 9.94. The lowest BCUT2D eigenvalue weighted by Gasteiger charge is -2.16. The Bertz CT molecular complexity index is 1290. The number of aromatic hydroxyl groups is 1. The quantitative estimate of drug-likeness (QED) is 0.455. The van der Waals surface area contributed by atoms with Crippen molar-refractivity contribution in [2.24, 2.45) is 7.05 Å². The number of nitrogens with zero attached hydrogens (tertiary/aromatic N) is 1. The molecule has 0 fully saturated rings. The molecule has 3 aromatic rings. The topological polar surface area (TPSA) is 121 Å². The maximum absolute atomic E-state index is 14.5. The number of hydrogen-bond acceptors (Lipinski definition) is 4. The van der Waals surface area contributed by atoms with Crippen LogP contribution in [0.4, 0.5) is 14.9 Å². The summed E-state index contributed by atoms with van der Waals surface area (Å²) in [7, 11) is 1.47. The molecular weight excluding hydrogens is 429 g/mol. The summed E-state index contributed by atoms with van der Waals surface area (Å²) in [5, 5.41) is 24.5. The summed E-state index contributed by atoms with van der Waals surface area (Å²) < 4.78 is 15.7. The average molecular weight is 453 g/mol. The molecule has 0 bridgehead atoms. The summed E-state index contributed by atoms with van der Waals surface area (Å²) >= 11 is 0. The summed E-state index contributed by atoms with van der Waals surface area (Å²) in [4.78, 5) is 36.4. The highest BCUT2D eigenvalue weighted by Crippen LogP contribution is 2.28. The van der Waals surface area contributed by atoms with Crippen molar-refractivity contribution in [1.29, 1.82) is 0 Å². The maximum Gasteiger partial charge on any atom is 0.319 e. The van der Waals surface area contributed by atoms with Crippen LogP contribution in [0.1, 0.15) is 22.6 Å². The number of carboxylic acids is 1. The standard InChI is InChI=1S/C24H24FN3O5/c1-13-6-4-9-17(19(13)25)15-7-5-8-16(10-15)18(23(31)32)11-26-24(33)27-20-21(29)14(2)12-28(3)22(20)30/h4-10,12,18,29H,11H2,1-3H3,(H,31,32)(H2,26,27,33). The van der Waals surface area contributed by atoms with Gasteiger partial charge in [0.2, 0.25) is 0 Å². The number of amides is 2. The van der Waals surface area contributed by atoms with Crippen LogP contribution in [-0.2, 0) is 11.8 Å². The van der Waals surface area contributed by atoms with E-state index >= 15 is 0 Å². The normalized spacial score (nSPS) is 11.6. The van der Waals surface area contributed by atoms with Gasteiger partial charge in [0.05, 0.1) is 5.92 Å². The van der Waals surface area contributed by atoms with E-state index in [0.717, 1.165) is 0 Å². The van der Waals surface area contributed by atoms with Crippen LogP contribution in [0, 0.1) is 19.7 Å². The smallest absolute Gasteiger partial charge is 0.319 e. The fraction of sp³-hybridized carbons (Fsp3) is 0.208. The van der Waals surface area contributed by atoms with Crippen molar-refractivity contribution in [3.8, 4) is 16.9 Å². The van der Waals surface area contributed by atoms with E-state index < -0.39 is 29.3 Å². The SMILES string of the molecule is Cc1cn(C)c(=O)c(NC(=O)NCC(C(=O)O)c2cccc(-c3cccc(C)c3F)c2)c1O. The molecule has 2 amide bonds. The predicted molar refractivity (Wildman–Crippen MR) is 122 cm³/mol. The third kappa shape index (κ3) is 5.03. The zero-order chi connectivity index (χ0) is 24.3. The highest BCUT2D eigenvalue weighted by Gasteiger charge is 2.22. The first kappa shape index (κ1) is 23.5. The third-order valence-electron chi connectivity index (χ3n) is 5.33. The molecule has 0 aliphatic rings. The van der Waals surface area contributed by atoms with Gasteiger partial charge in [-0.3, -0.25) is 9.59 Å². The number of carboxylic acid groups (broad SMARTS) is 1. The van der Waals surface area contributed by atoms with Gasteiger partial charge in [0.25, 0.3) is 5.56 Å². The number of carbonyl (C=O) groups excluding carboxylic acids is 1. The van der Waals surface area contributed by atoms with Gasteiger partial charge in [0, 0.05) is 30.9 Å². The molecule has 1 aromatic heterocycles. The molecule has 2 aromatic carbocycles. The van der Waals surface area contributed by atoms with Gasteiger partial charge in [-0.15, -0.1) is 0 Å². The number of nitrogens with one attached hydrogen (secondary N) is 2. The van der Waals surface area contributed by atoms with Gasteiger partial charge in [-0.2, -0.15) is 0 Å². The first-order valence-corrected chi connectivity index (χ1v) is 10.1. The predicted octanol–water partition coefficient (Wildman–Crippen LogP) is 3.50. The Morgan fingerprint density at radius 3 is 2.52 bits per heavy atom. The second-order valence-corrected chi connectivity index (χ2v) is 7.74. The number of aliphatic carboxylic acids is 1. The second kappa shape index (κ2) is 9.56. The molecule has 0 aliphatic carbocycles. The van der Waals surface area contributed by atoms with Gasteiger partial charge in [-0.25, -0.2) is 9.18 Å². The van der Waals surface area contributed by atoms with E-state index in [1.165, 1.54) is 17.8 Å². The van der Waals surface area contributed by atoms with Gasteiger partial charge < -0.3 is 25.4 Å². The van der Waals surface area contributed by atoms with Crippen LogP contribution in [-0.4, -0.2) is 33.3 Å². The van der Waals surface area contributed by atoms with Gasteiger partial charge in [0.15, 0.2) is 5.69 Å². The summed E-state index contributed by atoms with van der Waals surface area (Å²) in [5.74, 6) is -3.07. The number of aryl methyl sites for hydroxylation is 3. The molecule has 172 valence electrons. The number of anilines is 1. The van der Waals surface area contributed by atoms with Crippen LogP contribution in [0.2, 0.25) is 0 Å². The molecule has 33 heavy (non-hydrogen) atoms. The van der Waals surface area contributed by atoms with Crippen LogP contribution in [0.5, 0.6) is 5.75 Å². The van der Waals surface area contributed by atoms with Crippen LogP contribution in [0.25, 0.3) is 11.1 Å². The fourth-order valence-electron chi connectivity index (χ4n) is 3.49. The largest absolute Gasteiger partial charge is 0.505 e. The van der Waals surface area contributed by atoms with E-state index in [4.69, 9.17) is 0 Å². The molecule has 1 atom stereocenters. The molecular formula is C24H24FN3O5. The molecule has 0 radical (unpaired) electrons. The Hall–Kier alpha value is -4.14. The first-order valence-electron chi connectivity index (χ1n) is 10.1. The van der Waals surface area contributed by atoms with E-state index in [1.54, 1.807) is 56.3 Å². The van der Waals surface area contributed by atoms with Crippen molar-refractivity contribution < 1.29 is 24.2 Å². The Labute approximate surface area is 189 Å². The van der Waals surface area contributed by atoms with Crippen molar-refractivity contribution in [1.82, 2.24) is 9.88 Å². The van der Waals surface area contributed by atoms with Crippen molar-refractivity contribution >= 4 is 17.7 Å². The number of aromatic nitrogens is 1. The molecule has 4 N–H and O–H groups in total. The summed E-state index contributed by atoms with van der Waals surface area (Å²) in [6.07, 6.45) is 1.42. The summed E-state index contributed by atoms with van der Waals surface area (Å²) in [6.45, 7) is 2.92. The Balaban J connectivity index is 1.80. The number of pyridine rings is 1. The lowest BCUT2D eigenvalue weighted by molar-refractivity contribution is -0.138. The molecule has 3 rings (SSSR count). The van der Waals surface area contributed by atoms with Crippen LogP contribution < -0.4 is 16.2 Å². The molecule has 1 heterocycles. The number of urea groups is 1. The lowest BCUT2D eigenvalue weighted by Crippen LogP contribution is -2.36. The minimum atomic E-state index is -1.19. The number of hydrogen-bond donors (Lipinski definition) is 4. The summed E-state index contributed by atoms with van der Waals surface area (Å²) in [6, 6.07) is 10.6. The second-order valence-electron chi connectivity index (χ2n) is 7.74. The van der Waals surface area contributed by atoms with Gasteiger partial charge in [-0.1, -0.05) is 42.5 Å². The first-order chi connectivity index (χ1) is 15.6. The molecule has 9 heteroatoms. The molecule has 0 saturated heterocycles. The van der Waals surface area contributed by atoms with Gasteiger partial charge in [-0.05, 0) is 30.5 Å². The minimum absolute atomic E-state index is 0.298. The summed E-state index contributed by atoms with van der Waals surface area (Å²) in [5.41, 5.74) is 1.16. The average Bonchev–Trinajstić information content (AvgIpc) is 2.77. The Kier molecular flexibility index (Phi) is 6.81. The van der Waals surface area contributed by atoms with E-state index in [0.29, 0.717) is 27.8 Å². The zero-order valence-corrected chi connectivity index (χ0v) is 18.3. The number of benzene rings is 2. The number of rotatable bonds is 6. The van der Waals surface area contributed by atoms with E-state index in [9.17, 15) is 29.0 Å². The van der Waals surface area contributed by atoms with Crippen LogP contribution in [0.3, 0.4) is 0 Å². The fourth-order valence-corrected chi connectivity index (χ4v) is 3.49. The van der Waals surface area contributed by atoms with Crippen LogP contribution in [0.15, 0.2) is 53.5 Å². The Morgan fingerprint density at radius 2 is 1.82 bits per heavy atom. The molecule has 0 saturated carbocycles. The van der Waals surface area contributed by atoms with Crippen LogP contribution >= 0.6 is 0 Å². The highest BCUT2D eigenvalue weighted by molar-refractivity contribution is 5.91. The molecule has 1 unspecified atom stereocenters. The van der Waals surface area contributed by atoms with E-state index in [2.05, 4.69) is 10.6 Å². The van der Waals surface area contributed by atoms with E-state index in [1.807, 2.05) is 0 Å². The third-order valence-corrected chi connectivity index (χ3v) is 5.33. The van der Waals surface area contributed by atoms with Crippen molar-refractivity contribution in [2.45, 2.75) is 19.8 Å².